The fourth-order valence-corrected chi connectivity index (χ4v) is 5.05. The third-order valence-electron chi connectivity index (χ3n) is 7.47. The first-order valence-electron chi connectivity index (χ1n) is 14.6. The van der Waals surface area contributed by atoms with Gasteiger partial charge in [-0.1, -0.05) is 68.4 Å². The predicted octanol–water partition coefficient (Wildman–Crippen LogP) is 9.99. The van der Waals surface area contributed by atoms with E-state index in [0.29, 0.717) is 22.6 Å². The van der Waals surface area contributed by atoms with Gasteiger partial charge in [0.15, 0.2) is 5.78 Å². The highest BCUT2D eigenvalue weighted by molar-refractivity contribution is 6.00. The molecule has 1 N–H and O–H groups in total. The summed E-state index contributed by atoms with van der Waals surface area (Å²) in [6, 6.07) is 31.3. The summed E-state index contributed by atoms with van der Waals surface area (Å²) in [6.07, 6.45) is -4.55. The SMILES string of the molecule is CC(C)c1cc(CC(=O)c2ccc(Oc3ccccc3)cc2)c(C(=O)O)cc1-c1ccc(COc2cccc(C(F)(F)F)c2)cc1. The summed E-state index contributed by atoms with van der Waals surface area (Å²) in [5, 5.41) is 10.1. The smallest absolute Gasteiger partial charge is 0.416 e. The number of hydrogen-bond acceptors (Lipinski definition) is 4. The van der Waals surface area contributed by atoms with Crippen LogP contribution >= 0.6 is 0 Å². The quantitative estimate of drug-likeness (QED) is 0.148. The molecule has 0 saturated carbocycles. The largest absolute Gasteiger partial charge is 0.489 e. The van der Waals surface area contributed by atoms with Crippen molar-refractivity contribution in [1.82, 2.24) is 0 Å². The molecule has 46 heavy (non-hydrogen) atoms. The maximum atomic E-state index is 13.3. The highest BCUT2D eigenvalue weighted by Gasteiger charge is 2.30. The molecule has 5 nitrogen and oxygen atoms in total. The lowest BCUT2D eigenvalue weighted by Crippen LogP contribution is -2.11. The second kappa shape index (κ2) is 13.7. The van der Waals surface area contributed by atoms with Gasteiger partial charge in [0.1, 0.15) is 23.9 Å². The van der Waals surface area contributed by atoms with E-state index in [9.17, 15) is 27.9 Å². The van der Waals surface area contributed by atoms with E-state index in [1.165, 1.54) is 12.1 Å². The molecule has 0 aromatic heterocycles. The lowest BCUT2D eigenvalue weighted by atomic mass is 9.86. The van der Waals surface area contributed by atoms with E-state index in [0.717, 1.165) is 34.4 Å². The Balaban J connectivity index is 1.34. The number of alkyl halides is 3. The number of Topliss-reactive ketones (excluding diaryl/α,β-unsaturated/α-hetero) is 1. The van der Waals surface area contributed by atoms with Gasteiger partial charge in [0, 0.05) is 12.0 Å². The van der Waals surface area contributed by atoms with Crippen LogP contribution in [0.1, 0.15) is 62.7 Å². The maximum Gasteiger partial charge on any atom is 0.416 e. The number of benzene rings is 5. The average Bonchev–Trinajstić information content (AvgIpc) is 3.04. The zero-order chi connectivity index (χ0) is 32.8. The Labute approximate surface area is 264 Å². The summed E-state index contributed by atoms with van der Waals surface area (Å²) in [4.78, 5) is 25.6. The zero-order valence-electron chi connectivity index (χ0n) is 25.2. The first-order chi connectivity index (χ1) is 22.0. The lowest BCUT2D eigenvalue weighted by molar-refractivity contribution is -0.137. The third-order valence-corrected chi connectivity index (χ3v) is 7.47. The molecule has 5 aromatic carbocycles. The molecule has 0 spiro atoms. The molecule has 0 radical (unpaired) electrons. The van der Waals surface area contributed by atoms with Crippen LogP contribution in [0.2, 0.25) is 0 Å². The van der Waals surface area contributed by atoms with Gasteiger partial charge in [-0.05, 0) is 94.4 Å². The summed E-state index contributed by atoms with van der Waals surface area (Å²) in [6.45, 7) is 4.04. The van der Waals surface area contributed by atoms with Crippen LogP contribution in [0.25, 0.3) is 11.1 Å². The molecule has 0 atom stereocenters. The minimum Gasteiger partial charge on any atom is -0.489 e. The molecule has 8 heteroatoms. The van der Waals surface area contributed by atoms with Crippen LogP contribution < -0.4 is 9.47 Å². The van der Waals surface area contributed by atoms with Crippen molar-refractivity contribution < 1.29 is 37.3 Å². The Morgan fingerprint density at radius 1 is 0.761 bits per heavy atom. The van der Waals surface area contributed by atoms with Gasteiger partial charge >= 0.3 is 12.1 Å². The second-order valence-electron chi connectivity index (χ2n) is 11.1. The highest BCUT2D eigenvalue weighted by Crippen LogP contribution is 2.34. The number of aromatic carboxylic acids is 1. The van der Waals surface area contributed by atoms with Gasteiger partial charge < -0.3 is 14.6 Å². The highest BCUT2D eigenvalue weighted by atomic mass is 19.4. The predicted molar refractivity (Wildman–Crippen MR) is 170 cm³/mol. The van der Waals surface area contributed by atoms with Crippen LogP contribution in [0, 0.1) is 0 Å². The van der Waals surface area contributed by atoms with Crippen molar-refractivity contribution in [3.05, 3.63) is 149 Å². The standard InChI is InChI=1S/C38H31F3O5/c1-24(2)33-19-28(20-36(42)27-15-17-31(18-16-27)46-30-8-4-3-5-9-30)35(37(43)44)22-34(33)26-13-11-25(12-14-26)23-45-32-10-6-7-29(21-32)38(39,40)41/h3-19,21-22,24H,20,23H2,1-2H3,(H,43,44). The Morgan fingerprint density at radius 2 is 1.41 bits per heavy atom. The minimum absolute atomic E-state index is 0.0186. The third kappa shape index (κ3) is 7.82. The number of ether oxygens (including phenoxy) is 2. The van der Waals surface area contributed by atoms with Gasteiger partial charge in [-0.15, -0.1) is 0 Å². The fraction of sp³-hybridized carbons (Fsp3) is 0.158. The Hall–Kier alpha value is -5.37. The van der Waals surface area contributed by atoms with Gasteiger partial charge in [-0.2, -0.15) is 13.2 Å². The normalized spacial score (nSPS) is 11.3. The Bertz CT molecular complexity index is 1830. The zero-order valence-corrected chi connectivity index (χ0v) is 25.2. The molecule has 0 amide bonds. The van der Waals surface area contributed by atoms with Crippen LogP contribution in [0.5, 0.6) is 17.2 Å². The van der Waals surface area contributed by atoms with Crippen LogP contribution in [-0.4, -0.2) is 16.9 Å². The molecule has 0 saturated heterocycles. The van der Waals surface area contributed by atoms with E-state index in [4.69, 9.17) is 9.47 Å². The minimum atomic E-state index is -4.46. The van der Waals surface area contributed by atoms with Crippen molar-refractivity contribution in [3.63, 3.8) is 0 Å². The number of carbonyl (C=O) groups is 2. The maximum absolute atomic E-state index is 13.3. The molecular weight excluding hydrogens is 593 g/mol. The van der Waals surface area contributed by atoms with Crippen molar-refractivity contribution in [2.24, 2.45) is 0 Å². The average molecular weight is 625 g/mol. The first kappa shape index (κ1) is 32.0. The number of carboxylic acid groups (broad SMARTS) is 1. The molecule has 0 aliphatic carbocycles. The number of para-hydroxylation sites is 1. The van der Waals surface area contributed by atoms with Gasteiger partial charge in [0.2, 0.25) is 0 Å². The molecule has 0 unspecified atom stereocenters. The van der Waals surface area contributed by atoms with Crippen molar-refractivity contribution >= 4 is 11.8 Å². The van der Waals surface area contributed by atoms with Crippen LogP contribution in [0.15, 0.2) is 115 Å². The molecule has 0 bridgehead atoms. The monoisotopic (exact) mass is 624 g/mol. The van der Waals surface area contributed by atoms with Crippen molar-refractivity contribution in [2.75, 3.05) is 0 Å². The molecule has 5 aromatic rings. The molecular formula is C38H31F3O5. The van der Waals surface area contributed by atoms with Crippen molar-refractivity contribution in [1.29, 1.82) is 0 Å². The summed E-state index contributed by atoms with van der Waals surface area (Å²) < 4.78 is 50.5. The van der Waals surface area contributed by atoms with Crippen molar-refractivity contribution in [3.8, 4) is 28.4 Å². The summed E-state index contributed by atoms with van der Waals surface area (Å²) in [7, 11) is 0. The number of halogens is 3. The van der Waals surface area contributed by atoms with E-state index < -0.39 is 17.7 Å². The van der Waals surface area contributed by atoms with E-state index in [1.807, 2.05) is 56.3 Å². The molecule has 5 rings (SSSR count). The fourth-order valence-electron chi connectivity index (χ4n) is 5.05. The van der Waals surface area contributed by atoms with Crippen molar-refractivity contribution in [2.45, 2.75) is 39.0 Å². The van der Waals surface area contributed by atoms with Crippen LogP contribution in [-0.2, 0) is 19.2 Å². The number of ketones is 1. The Morgan fingerprint density at radius 3 is 2.04 bits per heavy atom. The first-order valence-corrected chi connectivity index (χ1v) is 14.6. The molecule has 0 aliphatic heterocycles. The molecule has 234 valence electrons. The van der Waals surface area contributed by atoms with Gasteiger partial charge in [-0.25, -0.2) is 4.79 Å². The van der Waals surface area contributed by atoms with Gasteiger partial charge in [0.05, 0.1) is 11.1 Å². The molecule has 0 fully saturated rings. The van der Waals surface area contributed by atoms with E-state index >= 15 is 0 Å². The molecule has 0 aliphatic rings. The number of carboxylic acids is 1. The molecule has 0 heterocycles. The summed E-state index contributed by atoms with van der Waals surface area (Å²) >= 11 is 0. The van der Waals surface area contributed by atoms with E-state index in [2.05, 4.69) is 0 Å². The number of carbonyl (C=O) groups excluding carboxylic acids is 1. The lowest BCUT2D eigenvalue weighted by Gasteiger charge is -2.18. The van der Waals surface area contributed by atoms with E-state index in [1.54, 1.807) is 48.5 Å². The van der Waals surface area contributed by atoms with Crippen LogP contribution in [0.3, 0.4) is 0 Å². The number of rotatable bonds is 11. The van der Waals surface area contributed by atoms with Gasteiger partial charge in [-0.3, -0.25) is 4.79 Å². The second-order valence-corrected chi connectivity index (χ2v) is 11.1. The van der Waals surface area contributed by atoms with Crippen LogP contribution in [0.4, 0.5) is 13.2 Å². The number of hydrogen-bond donors (Lipinski definition) is 1. The Kier molecular flexibility index (Phi) is 9.56. The summed E-state index contributed by atoms with van der Waals surface area (Å²) in [5.74, 6) is 0.0119. The summed E-state index contributed by atoms with van der Waals surface area (Å²) in [5.41, 5.74) is 3.20. The van der Waals surface area contributed by atoms with Gasteiger partial charge in [0.25, 0.3) is 0 Å². The van der Waals surface area contributed by atoms with E-state index in [-0.39, 0.29) is 36.0 Å². The topological polar surface area (TPSA) is 72.8 Å².